The van der Waals surface area contributed by atoms with E-state index in [2.05, 4.69) is 4.98 Å². The molecule has 0 bridgehead atoms. The number of halogens is 3. The van der Waals surface area contributed by atoms with Crippen molar-refractivity contribution in [2.75, 3.05) is 5.73 Å². The summed E-state index contributed by atoms with van der Waals surface area (Å²) in [5, 5.41) is 7.73. The van der Waals surface area contributed by atoms with Crippen molar-refractivity contribution in [3.05, 3.63) is 17.3 Å². The van der Waals surface area contributed by atoms with Gasteiger partial charge in [0.2, 0.25) is 0 Å². The molecule has 0 atom stereocenters. The Balaban J connectivity index is 3.58. The minimum Gasteiger partial charge on any atom is -0.396 e. The van der Waals surface area contributed by atoms with Crippen LogP contribution in [0.2, 0.25) is 0 Å². The summed E-state index contributed by atoms with van der Waals surface area (Å²) in [6, 6.07) is 2.02. The molecule has 2 N–H and O–H groups in total. The Kier molecular flexibility index (Phi) is 3.30. The number of hydrogen-bond acceptors (Lipinski definition) is 5. The fraction of sp³-hybridized carbons (Fsp3) is 0.143. The fourth-order valence-electron chi connectivity index (χ4n) is 0.979. The topological polar surface area (TPSA) is 96.8 Å². The van der Waals surface area contributed by atoms with Crippen LogP contribution < -0.4 is 5.73 Å². The number of alkyl halides is 2. The average molecular weight is 268 g/mol. The predicted molar refractivity (Wildman–Crippen MR) is 51.4 cm³/mol. The van der Waals surface area contributed by atoms with Gasteiger partial charge in [-0.15, -0.1) is 0 Å². The number of nitrogens with zero attached hydrogens (tertiary/aromatic N) is 2. The molecule has 1 heterocycles. The van der Waals surface area contributed by atoms with Gasteiger partial charge >= 0.3 is 0 Å². The first-order chi connectivity index (χ1) is 7.27. The van der Waals surface area contributed by atoms with Gasteiger partial charge < -0.3 is 5.73 Å². The summed E-state index contributed by atoms with van der Waals surface area (Å²) in [5.74, 6) is 0. The van der Waals surface area contributed by atoms with Crippen LogP contribution in [0.1, 0.15) is 17.7 Å². The molecule has 1 aromatic rings. The minimum absolute atomic E-state index is 0.524. The molecule has 1 rings (SSSR count). The third-order valence-corrected chi connectivity index (χ3v) is 2.84. The molecular formula is C7H4ClF2N3O2S. The molecule has 0 spiro atoms. The predicted octanol–water partition coefficient (Wildman–Crippen LogP) is 1.40. The first kappa shape index (κ1) is 12.6. The van der Waals surface area contributed by atoms with E-state index in [9.17, 15) is 17.2 Å². The molecule has 5 nitrogen and oxygen atoms in total. The molecule has 0 saturated heterocycles. The zero-order valence-corrected chi connectivity index (χ0v) is 9.06. The molecule has 1 aromatic heterocycles. The van der Waals surface area contributed by atoms with Crippen LogP contribution in [0.15, 0.2) is 11.1 Å². The quantitative estimate of drug-likeness (QED) is 0.817. The highest BCUT2D eigenvalue weighted by atomic mass is 35.7. The SMILES string of the molecule is N#Cc1nc(S(=O)(=O)Cl)c(N)cc1C(F)F. The van der Waals surface area contributed by atoms with Gasteiger partial charge in [-0.2, -0.15) is 5.26 Å². The second-order valence-corrected chi connectivity index (χ2v) is 5.15. The van der Waals surface area contributed by atoms with E-state index in [-0.39, 0.29) is 0 Å². The molecule has 0 amide bonds. The van der Waals surface area contributed by atoms with E-state index < -0.39 is 37.4 Å². The monoisotopic (exact) mass is 267 g/mol. The van der Waals surface area contributed by atoms with Gasteiger partial charge in [0, 0.05) is 10.7 Å². The third-order valence-electron chi connectivity index (χ3n) is 1.62. The molecule has 9 heteroatoms. The van der Waals surface area contributed by atoms with Crippen molar-refractivity contribution in [3.8, 4) is 6.07 Å². The van der Waals surface area contributed by atoms with Crippen molar-refractivity contribution >= 4 is 25.4 Å². The number of aromatic nitrogens is 1. The molecular weight excluding hydrogens is 264 g/mol. The summed E-state index contributed by atoms with van der Waals surface area (Å²) in [5.41, 5.74) is 3.22. The lowest BCUT2D eigenvalue weighted by atomic mass is 10.2. The first-order valence-corrected chi connectivity index (χ1v) is 6.01. The van der Waals surface area contributed by atoms with E-state index in [0.717, 1.165) is 0 Å². The molecule has 86 valence electrons. The molecule has 0 unspecified atom stereocenters. The summed E-state index contributed by atoms with van der Waals surface area (Å²) in [4.78, 5) is 3.20. The second-order valence-electron chi connectivity index (χ2n) is 2.67. The van der Waals surface area contributed by atoms with Crippen LogP contribution in [0.4, 0.5) is 14.5 Å². The van der Waals surface area contributed by atoms with Crippen LogP contribution in [0.25, 0.3) is 0 Å². The normalized spacial score (nSPS) is 11.4. The van der Waals surface area contributed by atoms with Gasteiger partial charge in [-0.25, -0.2) is 22.2 Å². The van der Waals surface area contributed by atoms with E-state index in [1.54, 1.807) is 0 Å². The number of nitrogens with two attached hydrogens (primary N) is 1. The van der Waals surface area contributed by atoms with Gasteiger partial charge in [0.25, 0.3) is 15.5 Å². The molecule has 0 saturated carbocycles. The Hall–Kier alpha value is -1.46. The first-order valence-electron chi connectivity index (χ1n) is 3.70. The van der Waals surface area contributed by atoms with Gasteiger partial charge in [-0.3, -0.25) is 0 Å². The molecule has 0 aromatic carbocycles. The maximum Gasteiger partial charge on any atom is 0.280 e. The fourth-order valence-corrected chi connectivity index (χ4v) is 1.89. The summed E-state index contributed by atoms with van der Waals surface area (Å²) < 4.78 is 46.6. The lowest BCUT2D eigenvalue weighted by molar-refractivity contribution is 0.150. The summed E-state index contributed by atoms with van der Waals surface area (Å²) >= 11 is 0. The Morgan fingerprint density at radius 3 is 2.50 bits per heavy atom. The van der Waals surface area contributed by atoms with Gasteiger partial charge in [0.1, 0.15) is 6.07 Å². The van der Waals surface area contributed by atoms with Gasteiger partial charge in [0.05, 0.1) is 11.3 Å². The van der Waals surface area contributed by atoms with Crippen molar-refractivity contribution in [2.24, 2.45) is 0 Å². The highest BCUT2D eigenvalue weighted by Gasteiger charge is 2.23. The van der Waals surface area contributed by atoms with Crippen molar-refractivity contribution in [1.82, 2.24) is 4.98 Å². The van der Waals surface area contributed by atoms with Crippen molar-refractivity contribution < 1.29 is 17.2 Å². The Morgan fingerprint density at radius 2 is 2.12 bits per heavy atom. The van der Waals surface area contributed by atoms with Crippen LogP contribution in [-0.4, -0.2) is 13.4 Å². The molecule has 0 aliphatic rings. The molecule has 16 heavy (non-hydrogen) atoms. The highest BCUT2D eigenvalue weighted by Crippen LogP contribution is 2.28. The van der Waals surface area contributed by atoms with Crippen LogP contribution in [0, 0.1) is 11.3 Å². The largest absolute Gasteiger partial charge is 0.396 e. The number of anilines is 1. The smallest absolute Gasteiger partial charge is 0.280 e. The van der Waals surface area contributed by atoms with Gasteiger partial charge in [0.15, 0.2) is 10.7 Å². The number of pyridine rings is 1. The summed E-state index contributed by atoms with van der Waals surface area (Å²) in [7, 11) is 0.689. The number of rotatable bonds is 2. The number of nitrogen functional groups attached to an aromatic ring is 1. The van der Waals surface area contributed by atoms with Crippen molar-refractivity contribution in [1.29, 1.82) is 5.26 Å². The maximum atomic E-state index is 12.4. The molecule has 0 fully saturated rings. The Labute approximate surface area is 93.9 Å². The summed E-state index contributed by atoms with van der Waals surface area (Å²) in [6.07, 6.45) is -2.98. The van der Waals surface area contributed by atoms with Crippen LogP contribution >= 0.6 is 10.7 Å². The van der Waals surface area contributed by atoms with E-state index in [0.29, 0.717) is 6.07 Å². The van der Waals surface area contributed by atoms with Crippen molar-refractivity contribution in [2.45, 2.75) is 11.5 Å². The van der Waals surface area contributed by atoms with Crippen LogP contribution in [0.3, 0.4) is 0 Å². The lowest BCUT2D eigenvalue weighted by Gasteiger charge is -2.06. The molecule has 0 radical (unpaired) electrons. The highest BCUT2D eigenvalue weighted by molar-refractivity contribution is 8.13. The van der Waals surface area contributed by atoms with E-state index in [1.165, 1.54) is 6.07 Å². The zero-order chi connectivity index (χ0) is 12.5. The molecule has 0 aliphatic carbocycles. The zero-order valence-electron chi connectivity index (χ0n) is 7.49. The van der Waals surface area contributed by atoms with Gasteiger partial charge in [-0.1, -0.05) is 0 Å². The van der Waals surface area contributed by atoms with Crippen molar-refractivity contribution in [3.63, 3.8) is 0 Å². The third kappa shape index (κ3) is 2.37. The number of nitriles is 1. The van der Waals surface area contributed by atoms with Crippen LogP contribution in [0.5, 0.6) is 0 Å². The van der Waals surface area contributed by atoms with Crippen LogP contribution in [-0.2, 0) is 9.05 Å². The average Bonchev–Trinajstić information content (AvgIpc) is 2.15. The van der Waals surface area contributed by atoms with E-state index in [1.807, 2.05) is 0 Å². The number of hydrogen-bond donors (Lipinski definition) is 1. The Bertz CT molecular complexity index is 568. The summed E-state index contributed by atoms with van der Waals surface area (Å²) in [6.45, 7) is 0. The van der Waals surface area contributed by atoms with E-state index in [4.69, 9.17) is 21.7 Å². The second kappa shape index (κ2) is 4.19. The lowest BCUT2D eigenvalue weighted by Crippen LogP contribution is -2.06. The van der Waals surface area contributed by atoms with Gasteiger partial charge in [-0.05, 0) is 6.07 Å². The minimum atomic E-state index is -4.27. The standard InChI is InChI=1S/C7H4ClF2N3O2S/c8-16(14,15)7-4(12)1-3(6(9)10)5(2-11)13-7/h1,6H,12H2. The Morgan fingerprint density at radius 1 is 1.56 bits per heavy atom. The maximum absolute atomic E-state index is 12.4. The molecule has 0 aliphatic heterocycles. The van der Waals surface area contributed by atoms with E-state index >= 15 is 0 Å².